The quantitative estimate of drug-likeness (QED) is 0.643. The number of nitriles is 1. The first-order chi connectivity index (χ1) is 14.2. The molecule has 0 fully saturated rings. The smallest absolute Gasteiger partial charge is 0.345 e. The van der Waals surface area contributed by atoms with Gasteiger partial charge in [-0.05, 0) is 31.0 Å². The van der Waals surface area contributed by atoms with Gasteiger partial charge < -0.3 is 9.88 Å². The Bertz CT molecular complexity index is 1150. The van der Waals surface area contributed by atoms with E-state index in [0.29, 0.717) is 6.92 Å². The van der Waals surface area contributed by atoms with E-state index in [1.807, 2.05) is 0 Å². The number of carbonyl (C=O) groups excluding carboxylic acids is 1. The van der Waals surface area contributed by atoms with Gasteiger partial charge in [-0.2, -0.15) is 23.2 Å². The van der Waals surface area contributed by atoms with Crippen molar-refractivity contribution in [2.45, 2.75) is 43.8 Å². The maximum absolute atomic E-state index is 13.5. The van der Waals surface area contributed by atoms with Gasteiger partial charge in [0.2, 0.25) is 10.0 Å². The average Bonchev–Trinajstić information content (AvgIpc) is 3.00. The Balaban J connectivity index is 2.50. The fourth-order valence-electron chi connectivity index (χ4n) is 2.91. The van der Waals surface area contributed by atoms with E-state index < -0.39 is 44.8 Å². The van der Waals surface area contributed by atoms with Crippen molar-refractivity contribution in [1.82, 2.24) is 9.29 Å². The lowest BCUT2D eigenvalue weighted by atomic mass is 10.0. The Kier molecular flexibility index (Phi) is 6.82. The van der Waals surface area contributed by atoms with Gasteiger partial charge in [-0.25, -0.2) is 12.8 Å². The van der Waals surface area contributed by atoms with Crippen molar-refractivity contribution in [3.63, 3.8) is 0 Å². The number of carbonyl (C=O) groups is 1. The van der Waals surface area contributed by atoms with Gasteiger partial charge in [0.05, 0.1) is 5.56 Å². The summed E-state index contributed by atoms with van der Waals surface area (Å²) in [5.41, 5.74) is -0.295. The van der Waals surface area contributed by atoms with Crippen LogP contribution in [0.25, 0.3) is 0 Å². The van der Waals surface area contributed by atoms with Crippen LogP contribution in [-0.4, -0.2) is 31.1 Å². The molecule has 0 unspecified atom stereocenters. The lowest BCUT2D eigenvalue weighted by Gasteiger charge is -2.18. The zero-order valence-electron chi connectivity index (χ0n) is 17.0. The van der Waals surface area contributed by atoms with Gasteiger partial charge in [0.1, 0.15) is 28.5 Å². The van der Waals surface area contributed by atoms with E-state index in [9.17, 15) is 30.8 Å². The maximum atomic E-state index is 13.5. The van der Waals surface area contributed by atoms with Crippen LogP contribution in [-0.2, 0) is 17.1 Å². The van der Waals surface area contributed by atoms with Crippen LogP contribution in [0.2, 0.25) is 0 Å². The zero-order chi connectivity index (χ0) is 23.7. The van der Waals surface area contributed by atoms with Gasteiger partial charge >= 0.3 is 6.18 Å². The summed E-state index contributed by atoms with van der Waals surface area (Å²) in [6.45, 7) is 3.85. The molecule has 1 heterocycles. The van der Waals surface area contributed by atoms with E-state index in [1.165, 1.54) is 17.7 Å². The molecule has 168 valence electrons. The number of aryl methyl sites for hydroxylation is 1. The third-order valence-electron chi connectivity index (χ3n) is 4.43. The summed E-state index contributed by atoms with van der Waals surface area (Å²) in [4.78, 5) is 12.4. The monoisotopic (exact) mass is 460 g/mol. The molecule has 0 aliphatic rings. The molecule has 7 nitrogen and oxygen atoms in total. The highest BCUT2D eigenvalue weighted by Gasteiger charge is 2.40. The summed E-state index contributed by atoms with van der Waals surface area (Å²) in [5, 5.41) is 11.4. The molecule has 2 rings (SSSR count). The fourth-order valence-corrected chi connectivity index (χ4v) is 4.56. The fraction of sp³-hybridized carbons (Fsp3) is 0.368. The number of nitrogens with zero attached hydrogens (tertiary/aromatic N) is 2. The number of alkyl halides is 3. The van der Waals surface area contributed by atoms with Crippen molar-refractivity contribution in [2.24, 2.45) is 7.05 Å². The molecular formula is C19H20F4N4O3S. The molecule has 1 aromatic carbocycles. The number of amides is 1. The van der Waals surface area contributed by atoms with Crippen LogP contribution in [0.3, 0.4) is 0 Å². The van der Waals surface area contributed by atoms with Crippen molar-refractivity contribution < 1.29 is 30.8 Å². The van der Waals surface area contributed by atoms with Crippen molar-refractivity contribution in [3.8, 4) is 6.07 Å². The standard InChI is InChI=1S/C19H20F4N4O3S/c1-10(2)16-15(31(29,30)26-11(3)19(21,22)23)9-27(4)17(16)18(28)25-13-5-6-14(20)12(7-13)8-24/h5-7,9-11,26H,1-4H3,(H,25,28)/t11-/m1/s1. The molecule has 0 aliphatic carbocycles. The Morgan fingerprint density at radius 3 is 2.35 bits per heavy atom. The summed E-state index contributed by atoms with van der Waals surface area (Å²) in [7, 11) is -3.23. The average molecular weight is 460 g/mol. The summed E-state index contributed by atoms with van der Waals surface area (Å²) in [6, 6.07) is 2.61. The molecule has 0 saturated carbocycles. The van der Waals surface area contributed by atoms with E-state index in [-0.39, 0.29) is 22.5 Å². The molecule has 31 heavy (non-hydrogen) atoms. The lowest BCUT2D eigenvalue weighted by Crippen LogP contribution is -2.43. The largest absolute Gasteiger partial charge is 0.404 e. The van der Waals surface area contributed by atoms with Crippen molar-refractivity contribution in [3.05, 3.63) is 47.0 Å². The van der Waals surface area contributed by atoms with Crippen LogP contribution in [0.1, 0.15) is 48.3 Å². The molecule has 0 aliphatic heterocycles. The molecule has 12 heteroatoms. The van der Waals surface area contributed by atoms with E-state index in [0.717, 1.165) is 18.3 Å². The number of rotatable bonds is 6. The van der Waals surface area contributed by atoms with Crippen LogP contribution in [0.4, 0.5) is 23.2 Å². The SMILES string of the molecule is CC(C)c1c(S(=O)(=O)N[C@H](C)C(F)(F)F)cn(C)c1C(=O)Nc1ccc(F)c(C#N)c1. The Morgan fingerprint density at radius 1 is 1.23 bits per heavy atom. The van der Waals surface area contributed by atoms with E-state index in [4.69, 9.17) is 5.26 Å². The highest BCUT2D eigenvalue weighted by Crippen LogP contribution is 2.31. The molecular weight excluding hydrogens is 440 g/mol. The van der Waals surface area contributed by atoms with E-state index >= 15 is 0 Å². The summed E-state index contributed by atoms with van der Waals surface area (Å²) < 4.78 is 80.1. The first-order valence-electron chi connectivity index (χ1n) is 8.98. The van der Waals surface area contributed by atoms with Crippen molar-refractivity contribution in [2.75, 3.05) is 5.32 Å². The van der Waals surface area contributed by atoms with E-state index in [1.54, 1.807) is 24.6 Å². The predicted octanol–water partition coefficient (Wildman–Crippen LogP) is 3.64. The number of sulfonamides is 1. The number of anilines is 1. The minimum atomic E-state index is -4.79. The number of nitrogens with one attached hydrogen (secondary N) is 2. The number of hydrogen-bond acceptors (Lipinski definition) is 4. The summed E-state index contributed by atoms with van der Waals surface area (Å²) >= 11 is 0. The third kappa shape index (κ3) is 5.23. The van der Waals surface area contributed by atoms with Gasteiger partial charge in [-0.1, -0.05) is 13.8 Å². The first-order valence-corrected chi connectivity index (χ1v) is 10.5. The minimum absolute atomic E-state index is 0.0180. The molecule has 2 aromatic rings. The second-order valence-corrected chi connectivity index (χ2v) is 8.85. The van der Waals surface area contributed by atoms with Gasteiger partial charge in [-0.15, -0.1) is 0 Å². The van der Waals surface area contributed by atoms with Gasteiger partial charge in [0, 0.05) is 24.5 Å². The molecule has 0 saturated heterocycles. The second kappa shape index (κ2) is 8.68. The normalized spacial score (nSPS) is 13.2. The predicted molar refractivity (Wildman–Crippen MR) is 104 cm³/mol. The van der Waals surface area contributed by atoms with Gasteiger partial charge in [-0.3, -0.25) is 4.79 Å². The molecule has 1 aromatic heterocycles. The number of aromatic nitrogens is 1. The van der Waals surface area contributed by atoms with Gasteiger partial charge in [0.15, 0.2) is 0 Å². The summed E-state index contributed by atoms with van der Waals surface area (Å²) in [6.07, 6.45) is -3.73. The lowest BCUT2D eigenvalue weighted by molar-refractivity contribution is -0.147. The maximum Gasteiger partial charge on any atom is 0.404 e. The van der Waals surface area contributed by atoms with Gasteiger partial charge in [0.25, 0.3) is 5.91 Å². The Morgan fingerprint density at radius 2 is 1.84 bits per heavy atom. The molecule has 0 bridgehead atoms. The molecule has 2 N–H and O–H groups in total. The third-order valence-corrected chi connectivity index (χ3v) is 6.00. The number of benzene rings is 1. The first kappa shape index (κ1) is 24.4. The van der Waals surface area contributed by atoms with Crippen LogP contribution in [0.5, 0.6) is 0 Å². The topological polar surface area (TPSA) is 104 Å². The summed E-state index contributed by atoms with van der Waals surface area (Å²) in [5.74, 6) is -2.09. The minimum Gasteiger partial charge on any atom is -0.345 e. The zero-order valence-corrected chi connectivity index (χ0v) is 17.8. The van der Waals surface area contributed by atoms with Crippen LogP contribution in [0.15, 0.2) is 29.3 Å². The number of halogens is 4. The van der Waals surface area contributed by atoms with E-state index in [2.05, 4.69) is 5.32 Å². The van der Waals surface area contributed by atoms with Crippen LogP contribution < -0.4 is 10.0 Å². The molecule has 1 amide bonds. The molecule has 0 radical (unpaired) electrons. The Hall–Kier alpha value is -2.91. The van der Waals surface area contributed by atoms with Crippen LogP contribution in [0, 0.1) is 17.1 Å². The highest BCUT2D eigenvalue weighted by molar-refractivity contribution is 7.89. The molecule has 1 atom stereocenters. The van der Waals surface area contributed by atoms with Crippen LogP contribution >= 0.6 is 0 Å². The van der Waals surface area contributed by atoms with Crippen molar-refractivity contribution in [1.29, 1.82) is 5.26 Å². The molecule has 0 spiro atoms. The van der Waals surface area contributed by atoms with Crippen molar-refractivity contribution >= 4 is 21.6 Å². The highest BCUT2D eigenvalue weighted by atomic mass is 32.2. The Labute approximate surface area is 176 Å². The number of hydrogen-bond donors (Lipinski definition) is 2. The second-order valence-electron chi connectivity index (χ2n) is 7.17.